The molecule has 0 unspecified atom stereocenters. The summed E-state index contributed by atoms with van der Waals surface area (Å²) in [6.07, 6.45) is 0. The van der Waals surface area contributed by atoms with Gasteiger partial charge in [0.05, 0.1) is 10.6 Å². The lowest BCUT2D eigenvalue weighted by atomic mass is 10.0. The van der Waals surface area contributed by atoms with Crippen LogP contribution >= 0.6 is 23.2 Å². The molecule has 21 heavy (non-hydrogen) atoms. The molecule has 3 aromatic rings. The van der Waals surface area contributed by atoms with Crippen molar-refractivity contribution in [1.29, 1.82) is 0 Å². The molecule has 0 aliphatic carbocycles. The van der Waals surface area contributed by atoms with Gasteiger partial charge in [-0.05, 0) is 12.1 Å². The molecule has 0 saturated carbocycles. The summed E-state index contributed by atoms with van der Waals surface area (Å²) in [5.74, 6) is 0.568. The first kappa shape index (κ1) is 14.0. The van der Waals surface area contributed by atoms with Gasteiger partial charge >= 0.3 is 0 Å². The zero-order chi connectivity index (χ0) is 15.0. The number of nitrogens with zero attached hydrogens (tertiary/aromatic N) is 2. The van der Waals surface area contributed by atoms with Gasteiger partial charge in [-0.3, -0.25) is 4.68 Å². The summed E-state index contributed by atoms with van der Waals surface area (Å²) in [6.45, 7) is 0. The number of hydrogen-bond donors (Lipinski definition) is 1. The highest BCUT2D eigenvalue weighted by Gasteiger charge is 2.19. The van der Waals surface area contributed by atoms with Gasteiger partial charge in [0.2, 0.25) is 0 Å². The van der Waals surface area contributed by atoms with Gasteiger partial charge in [-0.25, -0.2) is 0 Å². The summed E-state index contributed by atoms with van der Waals surface area (Å²) in [5, 5.41) is 5.67. The summed E-state index contributed by atoms with van der Waals surface area (Å²) >= 11 is 12.3. The molecule has 2 aromatic carbocycles. The molecule has 1 aromatic heterocycles. The summed E-state index contributed by atoms with van der Waals surface area (Å²) in [7, 11) is 1.81. The van der Waals surface area contributed by atoms with Crippen molar-refractivity contribution < 1.29 is 0 Å². The third kappa shape index (κ3) is 2.50. The zero-order valence-corrected chi connectivity index (χ0v) is 12.9. The van der Waals surface area contributed by atoms with Crippen LogP contribution in [0.2, 0.25) is 10.0 Å². The van der Waals surface area contributed by atoms with Crippen LogP contribution < -0.4 is 5.73 Å². The molecule has 0 aliphatic rings. The highest BCUT2D eigenvalue weighted by Crippen LogP contribution is 2.40. The van der Waals surface area contributed by atoms with Crippen molar-refractivity contribution in [3.05, 3.63) is 58.6 Å². The number of rotatable bonds is 2. The van der Waals surface area contributed by atoms with E-state index in [-0.39, 0.29) is 0 Å². The fourth-order valence-corrected chi connectivity index (χ4v) is 2.80. The molecular weight excluding hydrogens is 305 g/mol. The largest absolute Gasteiger partial charge is 0.383 e. The monoisotopic (exact) mass is 317 g/mol. The summed E-state index contributed by atoms with van der Waals surface area (Å²) in [6, 6.07) is 15.3. The Morgan fingerprint density at radius 3 is 2.43 bits per heavy atom. The van der Waals surface area contributed by atoms with Gasteiger partial charge in [-0.2, -0.15) is 5.10 Å². The van der Waals surface area contributed by atoms with Gasteiger partial charge in [-0.1, -0.05) is 59.6 Å². The molecule has 3 rings (SSSR count). The molecule has 2 N–H and O–H groups in total. The fraction of sp³-hybridized carbons (Fsp3) is 0.0625. The molecular formula is C16H13Cl2N3. The van der Waals surface area contributed by atoms with E-state index in [0.29, 0.717) is 15.9 Å². The van der Waals surface area contributed by atoms with Crippen molar-refractivity contribution in [2.45, 2.75) is 0 Å². The Bertz CT molecular complexity index is 795. The molecule has 0 aliphatic heterocycles. The number of aromatic nitrogens is 2. The van der Waals surface area contributed by atoms with E-state index in [1.54, 1.807) is 16.8 Å². The summed E-state index contributed by atoms with van der Waals surface area (Å²) in [5.41, 5.74) is 9.63. The second-order valence-electron chi connectivity index (χ2n) is 4.72. The predicted molar refractivity (Wildman–Crippen MR) is 88.5 cm³/mol. The van der Waals surface area contributed by atoms with E-state index in [2.05, 4.69) is 5.10 Å². The molecule has 0 spiro atoms. The molecule has 5 heteroatoms. The minimum absolute atomic E-state index is 0.555. The standard InChI is InChI=1S/C16H13Cl2N3/c1-21-16(19)14(12-8-7-11(17)9-13(12)18)15(20-21)10-5-3-2-4-6-10/h2-9H,19H2,1H3. The fourth-order valence-electron chi connectivity index (χ4n) is 2.29. The van der Waals surface area contributed by atoms with E-state index in [9.17, 15) is 0 Å². The van der Waals surface area contributed by atoms with Gasteiger partial charge in [0.1, 0.15) is 11.5 Å². The maximum atomic E-state index is 6.33. The van der Waals surface area contributed by atoms with Crippen LogP contribution in [-0.4, -0.2) is 9.78 Å². The Morgan fingerprint density at radius 1 is 1.05 bits per heavy atom. The summed E-state index contributed by atoms with van der Waals surface area (Å²) < 4.78 is 1.66. The summed E-state index contributed by atoms with van der Waals surface area (Å²) in [4.78, 5) is 0. The molecule has 0 fully saturated rings. The van der Waals surface area contributed by atoms with Gasteiger partial charge in [0.15, 0.2) is 0 Å². The van der Waals surface area contributed by atoms with E-state index in [0.717, 1.165) is 22.4 Å². The lowest BCUT2D eigenvalue weighted by Crippen LogP contribution is -1.98. The molecule has 3 nitrogen and oxygen atoms in total. The van der Waals surface area contributed by atoms with Gasteiger partial charge in [0, 0.05) is 23.2 Å². The van der Waals surface area contributed by atoms with Crippen LogP contribution in [0.1, 0.15) is 0 Å². The topological polar surface area (TPSA) is 43.8 Å². The zero-order valence-electron chi connectivity index (χ0n) is 11.3. The quantitative estimate of drug-likeness (QED) is 0.748. The normalized spacial score (nSPS) is 10.8. The number of aryl methyl sites for hydroxylation is 1. The van der Waals surface area contributed by atoms with E-state index >= 15 is 0 Å². The Labute approximate surface area is 132 Å². The minimum Gasteiger partial charge on any atom is -0.383 e. The van der Waals surface area contributed by atoms with Gasteiger partial charge < -0.3 is 5.73 Å². The van der Waals surface area contributed by atoms with Gasteiger partial charge in [-0.15, -0.1) is 0 Å². The van der Waals surface area contributed by atoms with Crippen molar-refractivity contribution in [2.75, 3.05) is 5.73 Å². The van der Waals surface area contributed by atoms with Crippen molar-refractivity contribution in [3.8, 4) is 22.4 Å². The Hall–Kier alpha value is -1.97. The SMILES string of the molecule is Cn1nc(-c2ccccc2)c(-c2ccc(Cl)cc2Cl)c1N. The number of benzene rings is 2. The van der Waals surface area contributed by atoms with Crippen LogP contribution in [0.15, 0.2) is 48.5 Å². The smallest absolute Gasteiger partial charge is 0.129 e. The molecule has 0 saturated heterocycles. The highest BCUT2D eigenvalue weighted by molar-refractivity contribution is 6.36. The molecule has 0 radical (unpaired) electrons. The number of halogens is 2. The maximum absolute atomic E-state index is 6.33. The van der Waals surface area contributed by atoms with E-state index < -0.39 is 0 Å². The predicted octanol–water partition coefficient (Wildman–Crippen LogP) is 4.64. The molecule has 1 heterocycles. The van der Waals surface area contributed by atoms with Crippen LogP contribution in [0.25, 0.3) is 22.4 Å². The third-order valence-corrected chi connectivity index (χ3v) is 3.89. The van der Waals surface area contributed by atoms with E-state index in [1.807, 2.05) is 43.4 Å². The van der Waals surface area contributed by atoms with Crippen LogP contribution in [-0.2, 0) is 7.05 Å². The van der Waals surface area contributed by atoms with E-state index in [4.69, 9.17) is 28.9 Å². The first-order chi connectivity index (χ1) is 10.1. The lowest BCUT2D eigenvalue weighted by Gasteiger charge is -2.07. The number of hydrogen-bond acceptors (Lipinski definition) is 2. The van der Waals surface area contributed by atoms with Gasteiger partial charge in [0.25, 0.3) is 0 Å². The van der Waals surface area contributed by atoms with Crippen molar-refractivity contribution >= 4 is 29.0 Å². The Kier molecular flexibility index (Phi) is 3.62. The maximum Gasteiger partial charge on any atom is 0.129 e. The molecule has 0 amide bonds. The molecule has 0 atom stereocenters. The average molecular weight is 318 g/mol. The van der Waals surface area contributed by atoms with Crippen molar-refractivity contribution in [1.82, 2.24) is 9.78 Å². The number of nitrogen functional groups attached to an aromatic ring is 1. The Balaban J connectivity index is 2.27. The highest BCUT2D eigenvalue weighted by atomic mass is 35.5. The Morgan fingerprint density at radius 2 is 1.76 bits per heavy atom. The van der Waals surface area contributed by atoms with Crippen molar-refractivity contribution in [2.24, 2.45) is 7.05 Å². The second-order valence-corrected chi connectivity index (χ2v) is 5.57. The third-order valence-electron chi connectivity index (χ3n) is 3.34. The lowest BCUT2D eigenvalue weighted by molar-refractivity contribution is 0.782. The van der Waals surface area contributed by atoms with Crippen molar-refractivity contribution in [3.63, 3.8) is 0 Å². The van der Waals surface area contributed by atoms with Crippen LogP contribution in [0.5, 0.6) is 0 Å². The average Bonchev–Trinajstić information content (AvgIpc) is 2.76. The van der Waals surface area contributed by atoms with E-state index in [1.165, 1.54) is 0 Å². The number of anilines is 1. The minimum atomic E-state index is 0.555. The van der Waals surface area contributed by atoms with Crippen LogP contribution in [0.3, 0.4) is 0 Å². The molecule has 0 bridgehead atoms. The van der Waals surface area contributed by atoms with Crippen LogP contribution in [0, 0.1) is 0 Å². The molecule has 106 valence electrons. The first-order valence-corrected chi connectivity index (χ1v) is 7.17. The first-order valence-electron chi connectivity index (χ1n) is 6.41. The van der Waals surface area contributed by atoms with Crippen LogP contribution in [0.4, 0.5) is 5.82 Å². The number of nitrogens with two attached hydrogens (primary N) is 1. The second kappa shape index (κ2) is 5.43.